The molecule has 6 nitrogen and oxygen atoms in total. The Morgan fingerprint density at radius 2 is 1.62 bits per heavy atom. The number of aliphatic imine (C=N–C) groups is 1. The summed E-state index contributed by atoms with van der Waals surface area (Å²) in [6, 6.07) is 8.43. The van der Waals surface area contributed by atoms with E-state index in [0.29, 0.717) is 13.2 Å². The van der Waals surface area contributed by atoms with Crippen LogP contribution in [0.2, 0.25) is 0 Å². The average molecular weight is 450 g/mol. The Labute approximate surface area is 163 Å². The highest BCUT2D eigenvalue weighted by Crippen LogP contribution is 2.12. The summed E-state index contributed by atoms with van der Waals surface area (Å²) in [5, 5.41) is 6.57. The first-order valence-corrected chi connectivity index (χ1v) is 7.93. The predicted molar refractivity (Wildman–Crippen MR) is 112 cm³/mol. The molecule has 0 fully saturated rings. The van der Waals surface area contributed by atoms with Gasteiger partial charge in [-0.3, -0.25) is 0 Å². The number of benzene rings is 1. The van der Waals surface area contributed by atoms with Crippen molar-refractivity contribution in [3.05, 3.63) is 29.8 Å². The van der Waals surface area contributed by atoms with Crippen molar-refractivity contribution in [3.8, 4) is 0 Å². The monoisotopic (exact) mass is 450 g/mol. The third kappa shape index (κ3) is 9.94. The molecule has 0 aliphatic heterocycles. The quantitative estimate of drug-likeness (QED) is 0.248. The van der Waals surface area contributed by atoms with Gasteiger partial charge in [-0.1, -0.05) is 12.1 Å². The zero-order chi connectivity index (χ0) is 16.9. The zero-order valence-electron chi connectivity index (χ0n) is 15.2. The summed E-state index contributed by atoms with van der Waals surface area (Å²) >= 11 is 0. The van der Waals surface area contributed by atoms with Crippen LogP contribution in [0.15, 0.2) is 29.3 Å². The first-order chi connectivity index (χ1) is 11.2. The summed E-state index contributed by atoms with van der Waals surface area (Å²) in [6.07, 6.45) is 0.943. The molecule has 0 unspecified atom stereocenters. The molecule has 138 valence electrons. The van der Waals surface area contributed by atoms with Crippen molar-refractivity contribution in [1.82, 2.24) is 10.6 Å². The summed E-state index contributed by atoms with van der Waals surface area (Å²) in [5.74, 6) is 0.801. The van der Waals surface area contributed by atoms with Crippen LogP contribution in [-0.2, 0) is 16.0 Å². The summed E-state index contributed by atoms with van der Waals surface area (Å²) in [4.78, 5) is 6.71. The second kappa shape index (κ2) is 14.3. The van der Waals surface area contributed by atoms with Gasteiger partial charge in [0.1, 0.15) is 0 Å². The lowest BCUT2D eigenvalue weighted by Crippen LogP contribution is -2.39. The Morgan fingerprint density at radius 3 is 2.21 bits per heavy atom. The highest BCUT2D eigenvalue weighted by atomic mass is 127. The summed E-state index contributed by atoms with van der Waals surface area (Å²) in [7, 11) is 7.48. The minimum atomic E-state index is 0. The maximum atomic E-state index is 5.06. The summed E-state index contributed by atoms with van der Waals surface area (Å²) < 4.78 is 10.1. The van der Waals surface area contributed by atoms with Gasteiger partial charge in [-0.25, -0.2) is 4.99 Å². The molecular weight excluding hydrogens is 419 g/mol. The van der Waals surface area contributed by atoms with Crippen molar-refractivity contribution < 1.29 is 9.47 Å². The predicted octanol–water partition coefficient (Wildman–Crippen LogP) is 2.09. The fourth-order valence-corrected chi connectivity index (χ4v) is 1.94. The first-order valence-electron chi connectivity index (χ1n) is 7.93. The lowest BCUT2D eigenvalue weighted by Gasteiger charge is -2.13. The molecule has 0 radical (unpaired) electrons. The van der Waals surface area contributed by atoms with Crippen LogP contribution in [0.4, 0.5) is 5.69 Å². The van der Waals surface area contributed by atoms with E-state index < -0.39 is 0 Å². The number of rotatable bonds is 10. The lowest BCUT2D eigenvalue weighted by molar-refractivity contribution is 0.195. The lowest BCUT2D eigenvalue weighted by atomic mass is 10.2. The molecule has 0 aliphatic rings. The number of nitrogens with one attached hydrogen (secondary N) is 2. The van der Waals surface area contributed by atoms with Crippen LogP contribution in [0, 0.1) is 0 Å². The van der Waals surface area contributed by atoms with Crippen LogP contribution in [-0.4, -0.2) is 60.6 Å². The van der Waals surface area contributed by atoms with E-state index in [4.69, 9.17) is 9.47 Å². The standard InChI is InChI=1S/C17H30N4O2.HI/c1-21(2)16-8-6-15(7-9-16)14-20-17(19-11-13-23-4)18-10-5-12-22-3;/h6-9H,5,10-14H2,1-4H3,(H2,18,19,20);1H. The van der Waals surface area contributed by atoms with E-state index in [1.54, 1.807) is 14.2 Å². The normalized spacial score (nSPS) is 10.9. The average Bonchev–Trinajstić information content (AvgIpc) is 2.56. The van der Waals surface area contributed by atoms with E-state index in [9.17, 15) is 0 Å². The fourth-order valence-electron chi connectivity index (χ4n) is 1.94. The maximum Gasteiger partial charge on any atom is 0.191 e. The van der Waals surface area contributed by atoms with E-state index in [1.165, 1.54) is 11.3 Å². The van der Waals surface area contributed by atoms with E-state index in [2.05, 4.69) is 44.8 Å². The first kappa shape index (κ1) is 22.9. The molecule has 0 aromatic heterocycles. The minimum absolute atomic E-state index is 0. The van der Waals surface area contributed by atoms with E-state index >= 15 is 0 Å². The molecule has 0 heterocycles. The molecular formula is C17H31IN4O2. The molecule has 0 aliphatic carbocycles. The third-order valence-electron chi connectivity index (χ3n) is 3.29. The SMILES string of the molecule is COCCCNC(=NCc1ccc(N(C)C)cc1)NCCOC.I. The number of guanidine groups is 1. The van der Waals surface area contributed by atoms with Gasteiger partial charge >= 0.3 is 0 Å². The molecule has 1 aromatic carbocycles. The van der Waals surface area contributed by atoms with Crippen LogP contribution in [0.5, 0.6) is 0 Å². The van der Waals surface area contributed by atoms with E-state index in [1.807, 2.05) is 14.1 Å². The Kier molecular flexibility index (Phi) is 13.7. The van der Waals surface area contributed by atoms with Gasteiger partial charge in [0.05, 0.1) is 13.2 Å². The molecule has 1 aromatic rings. The third-order valence-corrected chi connectivity index (χ3v) is 3.29. The van der Waals surface area contributed by atoms with E-state index in [0.717, 1.165) is 32.1 Å². The van der Waals surface area contributed by atoms with Crippen LogP contribution >= 0.6 is 24.0 Å². The maximum absolute atomic E-state index is 5.06. The van der Waals surface area contributed by atoms with Gasteiger partial charge in [-0.2, -0.15) is 0 Å². The Bertz CT molecular complexity index is 452. The minimum Gasteiger partial charge on any atom is -0.385 e. The van der Waals surface area contributed by atoms with Gasteiger partial charge in [0.2, 0.25) is 0 Å². The molecule has 2 N–H and O–H groups in total. The number of methoxy groups -OCH3 is 2. The Balaban J connectivity index is 0.00000529. The summed E-state index contributed by atoms with van der Waals surface area (Å²) in [6.45, 7) is 3.58. The van der Waals surface area contributed by atoms with Crippen molar-refractivity contribution in [1.29, 1.82) is 0 Å². The number of hydrogen-bond acceptors (Lipinski definition) is 4. The molecule has 0 spiro atoms. The van der Waals surface area contributed by atoms with Crippen LogP contribution in [0.3, 0.4) is 0 Å². The van der Waals surface area contributed by atoms with Crippen molar-refractivity contribution in [2.45, 2.75) is 13.0 Å². The molecule has 0 saturated carbocycles. The molecule has 1 rings (SSSR count). The van der Waals surface area contributed by atoms with Crippen molar-refractivity contribution >= 4 is 35.6 Å². The number of halogens is 1. The fraction of sp³-hybridized carbons (Fsp3) is 0.588. The molecule has 0 saturated heterocycles. The molecule has 0 atom stereocenters. The van der Waals surface area contributed by atoms with Gasteiger partial charge < -0.3 is 25.0 Å². The van der Waals surface area contributed by atoms with Crippen LogP contribution < -0.4 is 15.5 Å². The second-order valence-electron chi connectivity index (χ2n) is 5.42. The summed E-state index contributed by atoms with van der Waals surface area (Å²) in [5.41, 5.74) is 2.37. The second-order valence-corrected chi connectivity index (χ2v) is 5.42. The van der Waals surface area contributed by atoms with Crippen LogP contribution in [0.25, 0.3) is 0 Å². The zero-order valence-corrected chi connectivity index (χ0v) is 17.5. The Morgan fingerprint density at radius 1 is 1.00 bits per heavy atom. The number of ether oxygens (including phenoxy) is 2. The largest absolute Gasteiger partial charge is 0.385 e. The Hall–Kier alpha value is -1.06. The van der Waals surface area contributed by atoms with Gasteiger partial charge in [0.25, 0.3) is 0 Å². The number of hydrogen-bond donors (Lipinski definition) is 2. The van der Waals surface area contributed by atoms with E-state index in [-0.39, 0.29) is 24.0 Å². The smallest absolute Gasteiger partial charge is 0.191 e. The van der Waals surface area contributed by atoms with Crippen LogP contribution in [0.1, 0.15) is 12.0 Å². The number of nitrogens with zero attached hydrogens (tertiary/aromatic N) is 2. The molecule has 0 bridgehead atoms. The van der Waals surface area contributed by atoms with Crippen molar-refractivity contribution in [2.24, 2.45) is 4.99 Å². The van der Waals surface area contributed by atoms with Gasteiger partial charge in [-0.05, 0) is 24.1 Å². The van der Waals surface area contributed by atoms with Gasteiger partial charge in [-0.15, -0.1) is 24.0 Å². The van der Waals surface area contributed by atoms with Crippen molar-refractivity contribution in [2.75, 3.05) is 59.5 Å². The molecule has 7 heteroatoms. The highest BCUT2D eigenvalue weighted by Gasteiger charge is 2.00. The number of anilines is 1. The van der Waals surface area contributed by atoms with Gasteiger partial charge in [0.15, 0.2) is 5.96 Å². The molecule has 24 heavy (non-hydrogen) atoms. The van der Waals surface area contributed by atoms with Gasteiger partial charge in [0, 0.05) is 53.7 Å². The topological polar surface area (TPSA) is 58.1 Å². The molecule has 0 amide bonds. The van der Waals surface area contributed by atoms with Crippen molar-refractivity contribution in [3.63, 3.8) is 0 Å². The highest BCUT2D eigenvalue weighted by molar-refractivity contribution is 14.0.